The minimum Gasteiger partial charge on any atom is -0.486 e. The minimum absolute atomic E-state index is 0.356. The van der Waals surface area contributed by atoms with Crippen molar-refractivity contribution in [3.63, 3.8) is 0 Å². The second kappa shape index (κ2) is 4.86. The molecule has 0 spiro atoms. The summed E-state index contributed by atoms with van der Waals surface area (Å²) in [6, 6.07) is 14.8. The van der Waals surface area contributed by atoms with Crippen molar-refractivity contribution in [3.05, 3.63) is 59.3 Å². The monoisotopic (exact) mass is 273 g/mol. The molecule has 2 aromatic carbocycles. The van der Waals surface area contributed by atoms with E-state index in [0.717, 1.165) is 16.7 Å². The van der Waals surface area contributed by atoms with Gasteiger partial charge in [-0.1, -0.05) is 17.7 Å². The van der Waals surface area contributed by atoms with Crippen molar-refractivity contribution >= 4 is 28.3 Å². The van der Waals surface area contributed by atoms with Crippen molar-refractivity contribution in [3.8, 4) is 5.75 Å². The summed E-state index contributed by atoms with van der Waals surface area (Å²) < 4.78 is 11.3. The number of nitrogen functional groups attached to an aromatic ring is 1. The van der Waals surface area contributed by atoms with Crippen LogP contribution in [0.25, 0.3) is 11.0 Å². The Kier molecular flexibility index (Phi) is 3.05. The molecule has 1 heterocycles. The number of rotatable bonds is 3. The van der Waals surface area contributed by atoms with Crippen LogP contribution < -0.4 is 10.5 Å². The summed E-state index contributed by atoms with van der Waals surface area (Å²) in [7, 11) is 0. The van der Waals surface area contributed by atoms with Crippen molar-refractivity contribution in [2.24, 2.45) is 0 Å². The zero-order valence-electron chi connectivity index (χ0n) is 10.1. The maximum absolute atomic E-state index is 5.89. The number of furan rings is 1. The largest absolute Gasteiger partial charge is 0.486 e. The Bertz CT molecular complexity index is 721. The summed E-state index contributed by atoms with van der Waals surface area (Å²) in [6.45, 7) is 0.356. The van der Waals surface area contributed by atoms with Crippen molar-refractivity contribution in [2.45, 2.75) is 6.61 Å². The molecule has 0 fully saturated rings. The number of nitrogens with two attached hydrogens (primary N) is 1. The van der Waals surface area contributed by atoms with Crippen LogP contribution >= 0.6 is 11.6 Å². The summed E-state index contributed by atoms with van der Waals surface area (Å²) in [5, 5.41) is 1.66. The van der Waals surface area contributed by atoms with E-state index in [-0.39, 0.29) is 0 Å². The highest BCUT2D eigenvalue weighted by Gasteiger charge is 2.05. The third kappa shape index (κ3) is 2.66. The van der Waals surface area contributed by atoms with Gasteiger partial charge in [-0.25, -0.2) is 0 Å². The molecule has 3 aromatic rings. The second-order valence-corrected chi connectivity index (χ2v) is 4.69. The first kappa shape index (κ1) is 11.9. The number of hydrogen-bond acceptors (Lipinski definition) is 3. The molecule has 1 aromatic heterocycles. The molecule has 0 radical (unpaired) electrons. The van der Waals surface area contributed by atoms with Crippen LogP contribution in [0.15, 0.2) is 52.9 Å². The number of anilines is 1. The number of fused-ring (bicyclic) bond motifs is 1. The molecule has 0 aliphatic rings. The van der Waals surface area contributed by atoms with Gasteiger partial charge >= 0.3 is 0 Å². The zero-order chi connectivity index (χ0) is 13.2. The van der Waals surface area contributed by atoms with Crippen molar-refractivity contribution < 1.29 is 9.15 Å². The Morgan fingerprint density at radius 2 is 2.00 bits per heavy atom. The van der Waals surface area contributed by atoms with E-state index in [4.69, 9.17) is 26.5 Å². The average Bonchev–Trinajstić information content (AvgIpc) is 2.78. The molecule has 0 bridgehead atoms. The molecule has 0 amide bonds. The van der Waals surface area contributed by atoms with Gasteiger partial charge in [0, 0.05) is 22.2 Å². The number of benzene rings is 2. The van der Waals surface area contributed by atoms with Gasteiger partial charge in [-0.15, -0.1) is 0 Å². The molecule has 2 N–H and O–H groups in total. The normalized spacial score (nSPS) is 10.8. The van der Waals surface area contributed by atoms with Crippen molar-refractivity contribution in [1.82, 2.24) is 0 Å². The van der Waals surface area contributed by atoms with Crippen LogP contribution in [0.1, 0.15) is 5.76 Å². The first-order chi connectivity index (χ1) is 9.20. The van der Waals surface area contributed by atoms with E-state index in [0.29, 0.717) is 23.1 Å². The molecule has 0 unspecified atom stereocenters. The molecule has 0 aliphatic heterocycles. The molecule has 19 heavy (non-hydrogen) atoms. The van der Waals surface area contributed by atoms with Crippen LogP contribution in [-0.2, 0) is 6.61 Å². The Morgan fingerprint density at radius 1 is 1.11 bits per heavy atom. The minimum atomic E-state index is 0.356. The lowest BCUT2D eigenvalue weighted by Gasteiger charge is -2.03. The highest BCUT2D eigenvalue weighted by molar-refractivity contribution is 6.30. The third-order valence-corrected chi connectivity index (χ3v) is 3.01. The van der Waals surface area contributed by atoms with Crippen molar-refractivity contribution in [2.75, 3.05) is 5.73 Å². The van der Waals surface area contributed by atoms with E-state index < -0.39 is 0 Å². The molecular weight excluding hydrogens is 262 g/mol. The van der Waals surface area contributed by atoms with Gasteiger partial charge in [0.25, 0.3) is 0 Å². The van der Waals surface area contributed by atoms with Gasteiger partial charge < -0.3 is 14.9 Å². The zero-order valence-corrected chi connectivity index (χ0v) is 10.9. The number of ether oxygens (including phenoxy) is 1. The lowest BCUT2D eigenvalue weighted by molar-refractivity contribution is 0.274. The van der Waals surface area contributed by atoms with Crippen LogP contribution in [0.4, 0.5) is 5.69 Å². The molecule has 4 heteroatoms. The fourth-order valence-electron chi connectivity index (χ4n) is 1.89. The highest BCUT2D eigenvalue weighted by atomic mass is 35.5. The molecule has 0 saturated carbocycles. The molecule has 3 rings (SSSR count). The van der Waals surface area contributed by atoms with Crippen LogP contribution in [0, 0.1) is 0 Å². The molecular formula is C15H12ClNO2. The standard InChI is InChI=1S/C15H12ClNO2/c16-11-2-1-3-13(7-11)18-9-14-6-10-4-5-12(17)8-15(10)19-14/h1-8H,9,17H2. The van der Waals surface area contributed by atoms with E-state index in [1.54, 1.807) is 18.2 Å². The number of hydrogen-bond donors (Lipinski definition) is 1. The van der Waals surface area contributed by atoms with E-state index in [2.05, 4.69) is 0 Å². The van der Waals surface area contributed by atoms with Crippen LogP contribution in [0.2, 0.25) is 5.02 Å². The van der Waals surface area contributed by atoms with E-state index in [1.165, 1.54) is 0 Å². The van der Waals surface area contributed by atoms with Crippen molar-refractivity contribution in [1.29, 1.82) is 0 Å². The summed E-state index contributed by atoms with van der Waals surface area (Å²) in [6.07, 6.45) is 0. The van der Waals surface area contributed by atoms with Crippen LogP contribution in [-0.4, -0.2) is 0 Å². The first-order valence-electron chi connectivity index (χ1n) is 5.87. The van der Waals surface area contributed by atoms with Crippen LogP contribution in [0.3, 0.4) is 0 Å². The molecule has 3 nitrogen and oxygen atoms in total. The smallest absolute Gasteiger partial charge is 0.146 e. The van der Waals surface area contributed by atoms with Crippen LogP contribution in [0.5, 0.6) is 5.75 Å². The fourth-order valence-corrected chi connectivity index (χ4v) is 2.07. The number of halogens is 1. The molecule has 96 valence electrons. The molecule has 0 atom stereocenters. The Balaban J connectivity index is 1.78. The highest BCUT2D eigenvalue weighted by Crippen LogP contribution is 2.23. The van der Waals surface area contributed by atoms with Gasteiger partial charge in [-0.2, -0.15) is 0 Å². The Hall–Kier alpha value is -2.13. The van der Waals surface area contributed by atoms with Gasteiger partial charge in [-0.05, 0) is 36.4 Å². The fraction of sp³-hybridized carbons (Fsp3) is 0.0667. The molecule has 0 saturated heterocycles. The predicted octanol–water partition coefficient (Wildman–Crippen LogP) is 4.25. The van der Waals surface area contributed by atoms with E-state index >= 15 is 0 Å². The maximum Gasteiger partial charge on any atom is 0.146 e. The Morgan fingerprint density at radius 3 is 2.84 bits per heavy atom. The van der Waals surface area contributed by atoms with Gasteiger partial charge in [0.2, 0.25) is 0 Å². The molecule has 0 aliphatic carbocycles. The van der Waals surface area contributed by atoms with E-state index in [9.17, 15) is 0 Å². The third-order valence-electron chi connectivity index (χ3n) is 2.77. The average molecular weight is 274 g/mol. The summed E-state index contributed by atoms with van der Waals surface area (Å²) in [5.41, 5.74) is 7.16. The SMILES string of the molecule is Nc1ccc2cc(COc3cccc(Cl)c3)oc2c1. The lowest BCUT2D eigenvalue weighted by atomic mass is 10.2. The lowest BCUT2D eigenvalue weighted by Crippen LogP contribution is -1.93. The Labute approximate surface area is 115 Å². The van der Waals surface area contributed by atoms with Gasteiger partial charge in [-0.3, -0.25) is 0 Å². The summed E-state index contributed by atoms with van der Waals surface area (Å²) >= 11 is 5.89. The summed E-state index contributed by atoms with van der Waals surface area (Å²) in [5.74, 6) is 1.47. The van der Waals surface area contributed by atoms with Gasteiger partial charge in [0.05, 0.1) is 0 Å². The summed E-state index contributed by atoms with van der Waals surface area (Å²) in [4.78, 5) is 0. The van der Waals surface area contributed by atoms with E-state index in [1.807, 2.05) is 30.3 Å². The second-order valence-electron chi connectivity index (χ2n) is 4.26. The van der Waals surface area contributed by atoms with Gasteiger partial charge in [0.15, 0.2) is 0 Å². The van der Waals surface area contributed by atoms with Gasteiger partial charge in [0.1, 0.15) is 23.7 Å². The topological polar surface area (TPSA) is 48.4 Å². The maximum atomic E-state index is 5.89. The predicted molar refractivity (Wildman–Crippen MR) is 76.4 cm³/mol. The quantitative estimate of drug-likeness (QED) is 0.726. The first-order valence-corrected chi connectivity index (χ1v) is 6.25.